The third kappa shape index (κ3) is 4.37. The van der Waals surface area contributed by atoms with Crippen LogP contribution in [-0.2, 0) is 14.9 Å². The second-order valence-corrected chi connectivity index (χ2v) is 10.5. The maximum absolute atomic E-state index is 13.1. The number of thioether (sulfide) groups is 1. The monoisotopic (exact) mass is 526 g/mol. The minimum atomic E-state index is -0.910. The number of fused-ring (bicyclic) bond motifs is 2. The van der Waals surface area contributed by atoms with Gasteiger partial charge >= 0.3 is 18.1 Å². The number of carboxylic acid groups (broad SMARTS) is 1. The summed E-state index contributed by atoms with van der Waals surface area (Å²) in [5.74, 6) is -0.977. The third-order valence-electron chi connectivity index (χ3n) is 5.35. The molecule has 1 atom stereocenters. The molecule has 0 aliphatic carbocycles. The number of halogens is 1. The summed E-state index contributed by atoms with van der Waals surface area (Å²) in [7, 11) is 1.36. The zero-order valence-electron chi connectivity index (χ0n) is 16.5. The Labute approximate surface area is 194 Å². The first-order valence-electron chi connectivity index (χ1n) is 9.33. The number of aromatic nitrogens is 1. The molecule has 3 amide bonds. The maximum Gasteiger partial charge on any atom is 0.409 e. The lowest BCUT2D eigenvalue weighted by molar-refractivity contribution is -0.133. The van der Waals surface area contributed by atoms with Crippen LogP contribution in [0.2, 0.25) is 0 Å². The van der Waals surface area contributed by atoms with Gasteiger partial charge in [-0.2, -0.15) is 0 Å². The van der Waals surface area contributed by atoms with Gasteiger partial charge in [-0.25, -0.2) is 14.6 Å². The van der Waals surface area contributed by atoms with Crippen LogP contribution < -0.4 is 10.2 Å². The summed E-state index contributed by atoms with van der Waals surface area (Å²) in [4.78, 5) is 43.4. The first-order valence-corrected chi connectivity index (χ1v) is 11.9. The van der Waals surface area contributed by atoms with Crippen LogP contribution in [0.15, 0.2) is 33.1 Å². The van der Waals surface area contributed by atoms with Gasteiger partial charge in [-0.05, 0) is 30.2 Å². The summed E-state index contributed by atoms with van der Waals surface area (Å²) >= 11 is 5.90. The quantitative estimate of drug-likeness (QED) is 0.581. The van der Waals surface area contributed by atoms with Crippen LogP contribution in [0.4, 0.5) is 20.4 Å². The Morgan fingerprint density at radius 2 is 2.19 bits per heavy atom. The van der Waals surface area contributed by atoms with E-state index in [2.05, 4.69) is 26.2 Å². The van der Waals surface area contributed by atoms with Gasteiger partial charge in [-0.3, -0.25) is 15.0 Å². The zero-order valence-corrected chi connectivity index (χ0v) is 19.7. The summed E-state index contributed by atoms with van der Waals surface area (Å²) in [5, 5.41) is 12.0. The van der Waals surface area contributed by atoms with Gasteiger partial charge in [0.2, 0.25) is 0 Å². The molecule has 1 spiro atoms. The van der Waals surface area contributed by atoms with Gasteiger partial charge in [-0.15, -0.1) is 11.8 Å². The number of carbonyl (C=O) groups excluding carboxylic acids is 2. The molecule has 1 saturated heterocycles. The Hall–Kier alpha value is -2.31. The molecule has 1 aromatic heterocycles. The number of amides is 3. The van der Waals surface area contributed by atoms with Crippen LogP contribution >= 0.6 is 39.0 Å². The van der Waals surface area contributed by atoms with Gasteiger partial charge in [0.05, 0.1) is 23.3 Å². The van der Waals surface area contributed by atoms with Crippen molar-refractivity contribution in [3.63, 3.8) is 0 Å². The molecule has 1 aromatic carbocycles. The molecule has 0 radical (unpaired) electrons. The smallest absolute Gasteiger partial charge is 0.409 e. The van der Waals surface area contributed by atoms with Crippen molar-refractivity contribution >= 4 is 67.9 Å². The van der Waals surface area contributed by atoms with E-state index in [4.69, 9.17) is 9.84 Å². The highest BCUT2D eigenvalue weighted by molar-refractivity contribution is 9.10. The van der Waals surface area contributed by atoms with E-state index >= 15 is 0 Å². The molecule has 0 unspecified atom stereocenters. The second-order valence-electron chi connectivity index (χ2n) is 7.27. The van der Waals surface area contributed by atoms with E-state index in [0.717, 1.165) is 33.9 Å². The van der Waals surface area contributed by atoms with Crippen molar-refractivity contribution < 1.29 is 24.2 Å². The van der Waals surface area contributed by atoms with E-state index in [0.29, 0.717) is 29.0 Å². The van der Waals surface area contributed by atoms with Crippen molar-refractivity contribution in [1.82, 2.24) is 9.88 Å². The van der Waals surface area contributed by atoms with E-state index in [-0.39, 0.29) is 23.3 Å². The Morgan fingerprint density at radius 3 is 2.94 bits per heavy atom. The summed E-state index contributed by atoms with van der Waals surface area (Å²) in [6.45, 7) is 1.47. The lowest BCUT2D eigenvalue weighted by Gasteiger charge is -2.25. The van der Waals surface area contributed by atoms with Crippen molar-refractivity contribution in [2.45, 2.75) is 16.0 Å². The van der Waals surface area contributed by atoms with Crippen LogP contribution in [0, 0.1) is 0 Å². The molecule has 9 nitrogen and oxygen atoms in total. The number of ether oxygens (including phenoxy) is 1. The molecule has 0 saturated carbocycles. The zero-order chi connectivity index (χ0) is 22.2. The molecule has 164 valence electrons. The number of benzene rings is 1. The fourth-order valence-electron chi connectivity index (χ4n) is 4.00. The standard InChI is InChI=1S/C19H19BrN4O5S2/c1-29-18(28)23-5-4-19(9-23)10-24(13-3-2-11(20)6-12(13)19)17(27)22-16-21-7-15(31-16)30-8-14(25)26/h2-3,6-7H,4-5,8-10H2,1H3,(H,25,26)(H,21,22,27)/t19-/m0/s1. The van der Waals surface area contributed by atoms with E-state index < -0.39 is 5.97 Å². The van der Waals surface area contributed by atoms with Crippen LogP contribution in [0.1, 0.15) is 12.0 Å². The minimum absolute atomic E-state index is 0.0663. The molecule has 1 fully saturated rings. The summed E-state index contributed by atoms with van der Waals surface area (Å²) in [6.07, 6.45) is 1.91. The summed E-state index contributed by atoms with van der Waals surface area (Å²) in [5.41, 5.74) is 1.44. The normalized spacial score (nSPS) is 19.5. The Bertz CT molecular complexity index is 1050. The number of thiazole rings is 1. The number of carbonyl (C=O) groups is 3. The first-order chi connectivity index (χ1) is 14.8. The molecule has 4 rings (SSSR count). The van der Waals surface area contributed by atoms with Gasteiger partial charge < -0.3 is 14.7 Å². The summed E-state index contributed by atoms with van der Waals surface area (Å²) < 4.78 is 6.50. The molecular formula is C19H19BrN4O5S2. The number of rotatable bonds is 4. The number of nitrogens with zero attached hydrogens (tertiary/aromatic N) is 3. The number of methoxy groups -OCH3 is 1. The van der Waals surface area contributed by atoms with Gasteiger partial charge in [-0.1, -0.05) is 27.3 Å². The number of aliphatic carboxylic acids is 1. The number of hydrogen-bond acceptors (Lipinski definition) is 7. The molecule has 12 heteroatoms. The molecule has 2 aliphatic heterocycles. The number of nitrogens with one attached hydrogen (secondary N) is 1. The Morgan fingerprint density at radius 1 is 1.39 bits per heavy atom. The largest absolute Gasteiger partial charge is 0.481 e. The molecule has 0 bridgehead atoms. The third-order valence-corrected chi connectivity index (χ3v) is 7.93. The van der Waals surface area contributed by atoms with E-state index in [1.807, 2.05) is 18.2 Å². The minimum Gasteiger partial charge on any atom is -0.481 e. The number of likely N-dealkylation sites (tertiary alicyclic amines) is 1. The molecule has 31 heavy (non-hydrogen) atoms. The van der Waals surface area contributed by atoms with Crippen molar-refractivity contribution in [2.24, 2.45) is 0 Å². The second kappa shape index (κ2) is 8.67. The first kappa shape index (κ1) is 21.9. The van der Waals surface area contributed by atoms with E-state index in [1.54, 1.807) is 16.0 Å². The summed E-state index contributed by atoms with van der Waals surface area (Å²) in [6, 6.07) is 5.47. The molecule has 2 aliphatic rings. The van der Waals surface area contributed by atoms with E-state index in [1.165, 1.54) is 18.4 Å². The highest BCUT2D eigenvalue weighted by Gasteiger charge is 2.50. The maximum atomic E-state index is 13.1. The van der Waals surface area contributed by atoms with Crippen molar-refractivity contribution in [1.29, 1.82) is 0 Å². The van der Waals surface area contributed by atoms with Crippen molar-refractivity contribution in [3.05, 3.63) is 34.4 Å². The predicted molar refractivity (Wildman–Crippen MR) is 121 cm³/mol. The fourth-order valence-corrected chi connectivity index (χ4v) is 5.95. The highest BCUT2D eigenvalue weighted by Crippen LogP contribution is 2.47. The SMILES string of the molecule is COC(=O)N1CC[C@]2(C1)CN(C(=O)Nc1ncc(SCC(=O)O)s1)c1ccc(Br)cc12. The molecule has 2 N–H and O–H groups in total. The lowest BCUT2D eigenvalue weighted by atomic mass is 9.82. The number of urea groups is 1. The Balaban J connectivity index is 1.54. The van der Waals surface area contributed by atoms with Crippen molar-refractivity contribution in [3.8, 4) is 0 Å². The van der Waals surface area contributed by atoms with Gasteiger partial charge in [0, 0.05) is 35.2 Å². The Kier molecular flexibility index (Phi) is 6.13. The predicted octanol–water partition coefficient (Wildman–Crippen LogP) is 3.84. The number of anilines is 2. The number of hydrogen-bond donors (Lipinski definition) is 2. The topological polar surface area (TPSA) is 112 Å². The lowest BCUT2D eigenvalue weighted by Crippen LogP contribution is -2.41. The van der Waals surface area contributed by atoms with Crippen LogP contribution in [-0.4, -0.2) is 65.6 Å². The van der Waals surface area contributed by atoms with Gasteiger partial charge in [0.25, 0.3) is 0 Å². The van der Waals surface area contributed by atoms with Gasteiger partial charge in [0.1, 0.15) is 0 Å². The molecular weight excluding hydrogens is 508 g/mol. The highest BCUT2D eigenvalue weighted by atomic mass is 79.9. The van der Waals surface area contributed by atoms with Crippen LogP contribution in [0.3, 0.4) is 0 Å². The molecule has 3 heterocycles. The number of carboxylic acids is 1. The fraction of sp³-hybridized carbons (Fsp3) is 0.368. The van der Waals surface area contributed by atoms with Crippen LogP contribution in [0.5, 0.6) is 0 Å². The van der Waals surface area contributed by atoms with Gasteiger partial charge in [0.15, 0.2) is 5.13 Å². The van der Waals surface area contributed by atoms with E-state index in [9.17, 15) is 14.4 Å². The van der Waals surface area contributed by atoms with Crippen LogP contribution in [0.25, 0.3) is 0 Å². The molecule has 2 aromatic rings. The average molecular weight is 527 g/mol. The van der Waals surface area contributed by atoms with Crippen molar-refractivity contribution in [2.75, 3.05) is 42.7 Å². The average Bonchev–Trinajstić information content (AvgIpc) is 3.45.